The Morgan fingerprint density at radius 1 is 1.21 bits per heavy atom. The van der Waals surface area contributed by atoms with Gasteiger partial charge in [0.2, 0.25) is 0 Å². The molecule has 19 heavy (non-hydrogen) atoms. The molecule has 0 aromatic carbocycles. The normalized spacial score (nSPS) is 16.8. The average molecular weight is 300 g/mol. The summed E-state index contributed by atoms with van der Waals surface area (Å²) in [6.45, 7) is 4.47. The molecule has 0 aliphatic carbocycles. The van der Waals surface area contributed by atoms with Crippen molar-refractivity contribution in [2.24, 2.45) is 5.92 Å². The number of phosphoric ester groups is 1. The lowest BCUT2D eigenvalue weighted by Gasteiger charge is -2.24. The lowest BCUT2D eigenvalue weighted by Crippen LogP contribution is -2.37. The van der Waals surface area contributed by atoms with Crippen LogP contribution in [0.4, 0.5) is 0 Å². The van der Waals surface area contributed by atoms with Gasteiger partial charge in [0.25, 0.3) is 0 Å². The Morgan fingerprint density at radius 3 is 2.16 bits per heavy atom. The molecule has 0 aromatic heterocycles. The third kappa shape index (κ3) is 14.3. The second-order valence-electron chi connectivity index (χ2n) is 5.89. The number of quaternary nitrogens is 1. The smallest absolute Gasteiger partial charge is 0.391 e. The summed E-state index contributed by atoms with van der Waals surface area (Å²) in [5.74, 6) is 0.306. The number of aliphatic hydroxyl groups is 1. The second kappa shape index (κ2) is 9.06. The van der Waals surface area contributed by atoms with Crippen LogP contribution in [0, 0.1) is 5.92 Å². The van der Waals surface area contributed by atoms with Crippen LogP contribution in [-0.2, 0) is 13.6 Å². The molecule has 0 aromatic rings. The van der Waals surface area contributed by atoms with Gasteiger partial charge in [-0.2, -0.15) is 0 Å². The van der Waals surface area contributed by atoms with Gasteiger partial charge in [-0.25, -0.2) is 4.57 Å². The molecule has 7 heteroatoms. The predicted octanol–water partition coefficient (Wildman–Crippen LogP) is 1.87. The maximum absolute atomic E-state index is 11.5. The van der Waals surface area contributed by atoms with Gasteiger partial charge in [-0.3, -0.25) is 9.05 Å². The number of hydrogen-bond donors (Lipinski definition) is 2. The van der Waals surface area contributed by atoms with Crippen LogP contribution in [-0.4, -0.2) is 61.5 Å². The molecule has 0 heterocycles. The zero-order valence-electron chi connectivity index (χ0n) is 12.0. The number of phosphoric acid groups is 1. The SMILES string of the molecule is C.CC(C)CC(O)COP(=O)(O)OCC[N+](C)(C)C. The Bertz CT molecular complexity index is 278. The summed E-state index contributed by atoms with van der Waals surface area (Å²) in [4.78, 5) is 9.39. The number of aliphatic hydroxyl groups excluding tert-OH is 1. The number of rotatable bonds is 9. The first-order valence-corrected chi connectivity index (χ1v) is 7.62. The third-order valence-electron chi connectivity index (χ3n) is 2.19. The highest BCUT2D eigenvalue weighted by atomic mass is 31.2. The van der Waals surface area contributed by atoms with Crippen LogP contribution < -0.4 is 0 Å². The van der Waals surface area contributed by atoms with Gasteiger partial charge in [-0.15, -0.1) is 0 Å². The van der Waals surface area contributed by atoms with Crippen molar-refractivity contribution in [3.8, 4) is 0 Å². The topological polar surface area (TPSA) is 76.0 Å². The Labute approximate surface area is 117 Å². The quantitative estimate of drug-likeness (QED) is 0.502. The molecule has 0 rings (SSSR count). The van der Waals surface area contributed by atoms with Crippen LogP contribution in [0.1, 0.15) is 27.7 Å². The van der Waals surface area contributed by atoms with Gasteiger partial charge in [0.1, 0.15) is 13.2 Å². The van der Waals surface area contributed by atoms with Crippen molar-refractivity contribution in [3.63, 3.8) is 0 Å². The van der Waals surface area contributed by atoms with Gasteiger partial charge >= 0.3 is 7.82 Å². The summed E-state index contributed by atoms with van der Waals surface area (Å²) < 4.78 is 21.7. The Hall–Kier alpha value is 0.0300. The summed E-state index contributed by atoms with van der Waals surface area (Å²) >= 11 is 0. The van der Waals surface area contributed by atoms with E-state index in [1.54, 1.807) is 0 Å². The molecular formula is C12H31NO5P+. The predicted molar refractivity (Wildman–Crippen MR) is 76.8 cm³/mol. The standard InChI is InChI=1S/C11H26NO5P.CH4/c1-10(2)8-11(13)9-17-18(14,15)16-7-6-12(3,4)5;/h10-11,13H,6-9H2,1-5H3;1H4/p+1. The van der Waals surface area contributed by atoms with E-state index in [1.807, 2.05) is 35.0 Å². The molecule has 2 N–H and O–H groups in total. The molecule has 0 bridgehead atoms. The Kier molecular flexibility index (Phi) is 10.2. The first-order valence-electron chi connectivity index (χ1n) is 6.12. The van der Waals surface area contributed by atoms with Gasteiger partial charge in [0.15, 0.2) is 0 Å². The van der Waals surface area contributed by atoms with Crippen molar-refractivity contribution in [3.05, 3.63) is 0 Å². The summed E-state index contributed by atoms with van der Waals surface area (Å²) in [6, 6.07) is 0. The van der Waals surface area contributed by atoms with E-state index >= 15 is 0 Å². The van der Waals surface area contributed by atoms with E-state index in [0.717, 1.165) is 0 Å². The van der Waals surface area contributed by atoms with Crippen molar-refractivity contribution in [1.82, 2.24) is 0 Å². The van der Waals surface area contributed by atoms with Crippen molar-refractivity contribution in [2.45, 2.75) is 33.8 Å². The fourth-order valence-corrected chi connectivity index (χ4v) is 2.01. The van der Waals surface area contributed by atoms with E-state index in [0.29, 0.717) is 23.4 Å². The van der Waals surface area contributed by atoms with E-state index in [1.165, 1.54) is 0 Å². The zero-order valence-corrected chi connectivity index (χ0v) is 12.9. The van der Waals surface area contributed by atoms with Gasteiger partial charge in [0, 0.05) is 0 Å². The van der Waals surface area contributed by atoms with E-state index in [2.05, 4.69) is 0 Å². The van der Waals surface area contributed by atoms with Crippen LogP contribution in [0.25, 0.3) is 0 Å². The average Bonchev–Trinajstić information content (AvgIpc) is 2.11. The molecule has 0 radical (unpaired) electrons. The molecule has 2 atom stereocenters. The first kappa shape index (κ1) is 21.3. The van der Waals surface area contributed by atoms with E-state index < -0.39 is 13.9 Å². The van der Waals surface area contributed by atoms with Crippen molar-refractivity contribution >= 4 is 7.82 Å². The second-order valence-corrected chi connectivity index (χ2v) is 7.35. The molecule has 0 fully saturated rings. The van der Waals surface area contributed by atoms with Gasteiger partial charge < -0.3 is 14.5 Å². The first-order chi connectivity index (χ1) is 8.02. The van der Waals surface area contributed by atoms with E-state index in [-0.39, 0.29) is 20.6 Å². The molecule has 118 valence electrons. The molecule has 0 saturated carbocycles. The van der Waals surface area contributed by atoms with Crippen LogP contribution >= 0.6 is 7.82 Å². The van der Waals surface area contributed by atoms with E-state index in [9.17, 15) is 14.6 Å². The van der Waals surface area contributed by atoms with Crippen LogP contribution in [0.2, 0.25) is 0 Å². The van der Waals surface area contributed by atoms with Gasteiger partial charge in [-0.05, 0) is 12.3 Å². The van der Waals surface area contributed by atoms with Crippen molar-refractivity contribution in [1.29, 1.82) is 0 Å². The van der Waals surface area contributed by atoms with Crippen molar-refractivity contribution in [2.75, 3.05) is 40.9 Å². The Morgan fingerprint density at radius 2 is 1.74 bits per heavy atom. The van der Waals surface area contributed by atoms with Crippen molar-refractivity contribution < 1.29 is 28.1 Å². The highest BCUT2D eigenvalue weighted by Gasteiger charge is 2.24. The molecule has 0 amide bonds. The summed E-state index contributed by atoms with van der Waals surface area (Å²) in [7, 11) is 1.83. The van der Waals surface area contributed by atoms with Gasteiger partial charge in [-0.1, -0.05) is 21.3 Å². The molecule has 6 nitrogen and oxygen atoms in total. The molecule has 2 unspecified atom stereocenters. The minimum absolute atomic E-state index is 0. The molecule has 0 aliphatic rings. The van der Waals surface area contributed by atoms with Crippen LogP contribution in [0.3, 0.4) is 0 Å². The van der Waals surface area contributed by atoms with Crippen LogP contribution in [0.5, 0.6) is 0 Å². The van der Waals surface area contributed by atoms with Gasteiger partial charge in [0.05, 0.1) is 33.9 Å². The third-order valence-corrected chi connectivity index (χ3v) is 3.17. The maximum atomic E-state index is 11.5. The number of nitrogens with zero attached hydrogens (tertiary/aromatic N) is 1. The fourth-order valence-electron chi connectivity index (χ4n) is 1.26. The minimum Gasteiger partial charge on any atom is -0.391 e. The molecular weight excluding hydrogens is 269 g/mol. The highest BCUT2D eigenvalue weighted by molar-refractivity contribution is 7.47. The summed E-state index contributed by atoms with van der Waals surface area (Å²) in [5.41, 5.74) is 0. The van der Waals surface area contributed by atoms with E-state index in [4.69, 9.17) is 9.05 Å². The molecule has 0 aliphatic heterocycles. The lowest BCUT2D eigenvalue weighted by atomic mass is 10.1. The van der Waals surface area contributed by atoms with Crippen LogP contribution in [0.15, 0.2) is 0 Å². The monoisotopic (exact) mass is 300 g/mol. The number of hydrogen-bond acceptors (Lipinski definition) is 4. The summed E-state index contributed by atoms with van der Waals surface area (Å²) in [6.07, 6.45) is -0.216. The Balaban J connectivity index is 0. The fraction of sp³-hybridized carbons (Fsp3) is 1.00. The minimum atomic E-state index is -4.05. The molecule has 0 spiro atoms. The summed E-state index contributed by atoms with van der Waals surface area (Å²) in [5, 5.41) is 9.52. The number of likely N-dealkylation sites (N-methyl/N-ethyl adjacent to an activating group) is 1. The zero-order chi connectivity index (χ0) is 14.4. The maximum Gasteiger partial charge on any atom is 0.472 e. The largest absolute Gasteiger partial charge is 0.472 e. The highest BCUT2D eigenvalue weighted by Crippen LogP contribution is 2.43. The molecule has 0 saturated heterocycles. The lowest BCUT2D eigenvalue weighted by molar-refractivity contribution is -0.870.